The second-order valence-corrected chi connectivity index (χ2v) is 8.53. The molecule has 2 heterocycles. The first kappa shape index (κ1) is 22.0. The standard InChI is InChI=1S/C21H32N2O5/c1-7-26-18(24)15-9-8-10-23(14-15)16-11-17(13-22-12-16)27-21(5,6)19(25)28-20(2,3)4/h11-13,15H,7-10,14H2,1-6H3/t15-/m1/s1. The van der Waals surface area contributed by atoms with Crippen LogP contribution in [0.2, 0.25) is 0 Å². The van der Waals surface area contributed by atoms with Crippen LogP contribution in [0.25, 0.3) is 0 Å². The number of nitrogens with zero attached hydrogens (tertiary/aromatic N) is 2. The number of rotatable bonds is 6. The molecule has 1 aliphatic heterocycles. The highest BCUT2D eigenvalue weighted by atomic mass is 16.6. The van der Waals surface area contributed by atoms with Gasteiger partial charge in [0.2, 0.25) is 0 Å². The molecule has 156 valence electrons. The Labute approximate surface area is 167 Å². The number of aromatic nitrogens is 1. The molecule has 1 saturated heterocycles. The Balaban J connectivity index is 2.09. The van der Waals surface area contributed by atoms with Gasteiger partial charge in [-0.15, -0.1) is 0 Å². The summed E-state index contributed by atoms with van der Waals surface area (Å²) in [6.45, 7) is 12.4. The summed E-state index contributed by atoms with van der Waals surface area (Å²) in [6.07, 6.45) is 5.03. The molecular weight excluding hydrogens is 360 g/mol. The number of esters is 2. The summed E-state index contributed by atoms with van der Waals surface area (Å²) in [7, 11) is 0. The lowest BCUT2D eigenvalue weighted by Gasteiger charge is -2.33. The van der Waals surface area contributed by atoms with Gasteiger partial charge in [0.1, 0.15) is 11.4 Å². The first-order valence-corrected chi connectivity index (χ1v) is 9.81. The van der Waals surface area contributed by atoms with Gasteiger partial charge >= 0.3 is 11.9 Å². The van der Waals surface area contributed by atoms with Crippen LogP contribution in [0.1, 0.15) is 54.4 Å². The van der Waals surface area contributed by atoms with Gasteiger partial charge in [-0.3, -0.25) is 9.78 Å². The molecule has 0 bridgehead atoms. The normalized spacial score (nSPS) is 17.8. The molecule has 7 heteroatoms. The van der Waals surface area contributed by atoms with Crippen molar-refractivity contribution in [3.63, 3.8) is 0 Å². The quantitative estimate of drug-likeness (QED) is 0.687. The van der Waals surface area contributed by atoms with Gasteiger partial charge in [-0.1, -0.05) is 0 Å². The Bertz CT molecular complexity index is 696. The van der Waals surface area contributed by atoms with E-state index in [1.807, 2.05) is 33.8 Å². The first-order chi connectivity index (χ1) is 13.0. The van der Waals surface area contributed by atoms with E-state index in [0.717, 1.165) is 25.1 Å². The highest BCUT2D eigenvalue weighted by molar-refractivity contribution is 5.79. The van der Waals surface area contributed by atoms with E-state index >= 15 is 0 Å². The molecule has 0 spiro atoms. The fourth-order valence-corrected chi connectivity index (χ4v) is 3.04. The van der Waals surface area contributed by atoms with Crippen LogP contribution in [-0.2, 0) is 19.1 Å². The number of pyridine rings is 1. The van der Waals surface area contributed by atoms with Gasteiger partial charge in [0.25, 0.3) is 0 Å². The Morgan fingerprint density at radius 2 is 1.93 bits per heavy atom. The molecule has 7 nitrogen and oxygen atoms in total. The van der Waals surface area contributed by atoms with Gasteiger partial charge in [0, 0.05) is 19.2 Å². The van der Waals surface area contributed by atoms with Crippen LogP contribution in [0.3, 0.4) is 0 Å². The molecule has 28 heavy (non-hydrogen) atoms. The molecule has 1 aromatic rings. The van der Waals surface area contributed by atoms with Crippen molar-refractivity contribution in [3.05, 3.63) is 18.5 Å². The van der Waals surface area contributed by atoms with Crippen LogP contribution in [0.5, 0.6) is 5.75 Å². The summed E-state index contributed by atoms with van der Waals surface area (Å²) in [5.74, 6) is -0.257. The molecule has 0 amide bonds. The molecule has 0 aliphatic carbocycles. The molecule has 0 unspecified atom stereocenters. The highest BCUT2D eigenvalue weighted by Crippen LogP contribution is 2.28. The minimum atomic E-state index is -1.15. The molecule has 0 N–H and O–H groups in total. The topological polar surface area (TPSA) is 78.0 Å². The van der Waals surface area contributed by atoms with Crippen LogP contribution < -0.4 is 9.64 Å². The maximum Gasteiger partial charge on any atom is 0.350 e. The average molecular weight is 392 g/mol. The van der Waals surface area contributed by atoms with E-state index in [-0.39, 0.29) is 11.9 Å². The van der Waals surface area contributed by atoms with Crippen molar-refractivity contribution in [3.8, 4) is 5.75 Å². The number of anilines is 1. The summed E-state index contributed by atoms with van der Waals surface area (Å²) in [5.41, 5.74) is -0.886. The Morgan fingerprint density at radius 1 is 1.21 bits per heavy atom. The van der Waals surface area contributed by atoms with E-state index in [1.165, 1.54) is 0 Å². The lowest BCUT2D eigenvalue weighted by molar-refractivity contribution is -0.171. The summed E-state index contributed by atoms with van der Waals surface area (Å²) in [6, 6.07) is 1.84. The van der Waals surface area contributed by atoms with Gasteiger partial charge in [0.15, 0.2) is 5.60 Å². The van der Waals surface area contributed by atoms with E-state index in [1.54, 1.807) is 26.2 Å². The maximum absolute atomic E-state index is 12.4. The van der Waals surface area contributed by atoms with Crippen LogP contribution in [-0.4, -0.2) is 47.8 Å². The Kier molecular flexibility index (Phi) is 6.91. The Hall–Kier alpha value is -2.31. The summed E-state index contributed by atoms with van der Waals surface area (Å²) >= 11 is 0. The summed E-state index contributed by atoms with van der Waals surface area (Å²) in [5, 5.41) is 0. The van der Waals surface area contributed by atoms with E-state index in [2.05, 4.69) is 9.88 Å². The zero-order valence-electron chi connectivity index (χ0n) is 17.8. The first-order valence-electron chi connectivity index (χ1n) is 9.81. The van der Waals surface area contributed by atoms with Crippen molar-refractivity contribution in [2.45, 2.75) is 65.6 Å². The van der Waals surface area contributed by atoms with Crippen molar-refractivity contribution in [1.82, 2.24) is 4.98 Å². The van der Waals surface area contributed by atoms with Crippen molar-refractivity contribution >= 4 is 17.6 Å². The zero-order chi connectivity index (χ0) is 20.9. The lowest BCUT2D eigenvalue weighted by atomic mass is 9.98. The van der Waals surface area contributed by atoms with Gasteiger partial charge in [-0.25, -0.2) is 4.79 Å². The van der Waals surface area contributed by atoms with Crippen LogP contribution in [0, 0.1) is 5.92 Å². The van der Waals surface area contributed by atoms with Gasteiger partial charge in [-0.2, -0.15) is 0 Å². The second kappa shape index (κ2) is 8.80. The fourth-order valence-electron chi connectivity index (χ4n) is 3.04. The predicted octanol–water partition coefficient (Wildman–Crippen LogP) is 3.36. The Morgan fingerprint density at radius 3 is 2.57 bits per heavy atom. The third-order valence-corrected chi connectivity index (χ3v) is 4.37. The fraction of sp³-hybridized carbons (Fsp3) is 0.667. The third kappa shape index (κ3) is 6.11. The molecule has 0 radical (unpaired) electrons. The van der Waals surface area contributed by atoms with E-state index in [9.17, 15) is 9.59 Å². The molecule has 1 aromatic heterocycles. The molecule has 1 fully saturated rings. The molecule has 0 aromatic carbocycles. The molecule has 1 atom stereocenters. The molecule has 0 saturated carbocycles. The minimum absolute atomic E-state index is 0.142. The second-order valence-electron chi connectivity index (χ2n) is 8.53. The van der Waals surface area contributed by atoms with Crippen molar-refractivity contribution < 1.29 is 23.8 Å². The van der Waals surface area contributed by atoms with Crippen LogP contribution >= 0.6 is 0 Å². The average Bonchev–Trinajstić information content (AvgIpc) is 2.60. The smallest absolute Gasteiger partial charge is 0.350 e. The van der Waals surface area contributed by atoms with Crippen molar-refractivity contribution in [1.29, 1.82) is 0 Å². The monoisotopic (exact) mass is 392 g/mol. The number of piperidine rings is 1. The zero-order valence-corrected chi connectivity index (χ0v) is 17.8. The highest BCUT2D eigenvalue weighted by Gasteiger charge is 2.35. The van der Waals surface area contributed by atoms with Crippen LogP contribution in [0.15, 0.2) is 18.5 Å². The third-order valence-electron chi connectivity index (χ3n) is 4.37. The maximum atomic E-state index is 12.4. The number of hydrogen-bond donors (Lipinski definition) is 0. The molecule has 1 aliphatic rings. The minimum Gasteiger partial charge on any atom is -0.474 e. The number of carbonyl (C=O) groups is 2. The number of carbonyl (C=O) groups excluding carboxylic acids is 2. The van der Waals surface area contributed by atoms with Gasteiger partial charge in [0.05, 0.1) is 30.6 Å². The van der Waals surface area contributed by atoms with Crippen molar-refractivity contribution in [2.24, 2.45) is 5.92 Å². The molecular formula is C21H32N2O5. The molecule has 2 rings (SSSR count). The predicted molar refractivity (Wildman–Crippen MR) is 106 cm³/mol. The van der Waals surface area contributed by atoms with E-state index in [4.69, 9.17) is 14.2 Å². The van der Waals surface area contributed by atoms with Crippen LogP contribution in [0.4, 0.5) is 5.69 Å². The van der Waals surface area contributed by atoms with E-state index < -0.39 is 17.2 Å². The van der Waals surface area contributed by atoms with Crippen molar-refractivity contribution in [2.75, 3.05) is 24.6 Å². The summed E-state index contributed by atoms with van der Waals surface area (Å²) in [4.78, 5) is 30.9. The lowest BCUT2D eigenvalue weighted by Crippen LogP contribution is -2.43. The largest absolute Gasteiger partial charge is 0.474 e. The SMILES string of the molecule is CCOC(=O)[C@@H]1CCCN(c2cncc(OC(C)(C)C(=O)OC(C)(C)C)c2)C1. The summed E-state index contributed by atoms with van der Waals surface area (Å²) < 4.78 is 16.5. The number of ether oxygens (including phenoxy) is 3. The van der Waals surface area contributed by atoms with Gasteiger partial charge in [-0.05, 0) is 54.4 Å². The number of hydrogen-bond acceptors (Lipinski definition) is 7. The van der Waals surface area contributed by atoms with E-state index in [0.29, 0.717) is 18.9 Å². The van der Waals surface area contributed by atoms with Gasteiger partial charge < -0.3 is 19.1 Å².